The first-order valence-corrected chi connectivity index (χ1v) is 9.64. The molecule has 0 aromatic heterocycles. The summed E-state index contributed by atoms with van der Waals surface area (Å²) in [7, 11) is 0. The minimum absolute atomic E-state index is 0.219. The molecular formula is C23H21ClN2O4. The number of hydrogen-bond donors (Lipinski definition) is 2. The van der Waals surface area contributed by atoms with E-state index in [4.69, 9.17) is 26.8 Å². The highest BCUT2D eigenvalue weighted by Crippen LogP contribution is 2.21. The summed E-state index contributed by atoms with van der Waals surface area (Å²) in [5.41, 5.74) is 7.79. The molecule has 0 saturated heterocycles. The quantitative estimate of drug-likeness (QED) is 0.424. The molecule has 0 aliphatic carbocycles. The predicted molar refractivity (Wildman–Crippen MR) is 117 cm³/mol. The summed E-state index contributed by atoms with van der Waals surface area (Å²) in [6.45, 7) is 1.94. The number of hydrogen-bond acceptors (Lipinski definition) is 5. The van der Waals surface area contributed by atoms with Crippen molar-refractivity contribution in [3.05, 3.63) is 88.9 Å². The highest BCUT2D eigenvalue weighted by molar-refractivity contribution is 6.33. The maximum Gasteiger partial charge on any atom is 0.338 e. The van der Waals surface area contributed by atoms with Crippen molar-refractivity contribution in [2.45, 2.75) is 19.6 Å². The second-order valence-electron chi connectivity index (χ2n) is 6.57. The van der Waals surface area contributed by atoms with Crippen LogP contribution in [-0.4, -0.2) is 18.0 Å². The van der Waals surface area contributed by atoms with Gasteiger partial charge in [0.05, 0.1) is 16.3 Å². The van der Waals surface area contributed by atoms with Crippen molar-refractivity contribution in [3.8, 4) is 5.75 Å². The lowest BCUT2D eigenvalue weighted by molar-refractivity contribution is -0.123. The van der Waals surface area contributed by atoms with Crippen molar-refractivity contribution in [2.24, 2.45) is 0 Å². The number of carbonyl (C=O) groups is 2. The average Bonchev–Trinajstić information content (AvgIpc) is 2.75. The van der Waals surface area contributed by atoms with E-state index in [9.17, 15) is 9.59 Å². The first kappa shape index (κ1) is 21.2. The number of nitrogens with one attached hydrogen (secondary N) is 1. The fourth-order valence-corrected chi connectivity index (χ4v) is 2.69. The number of amides is 1. The van der Waals surface area contributed by atoms with Gasteiger partial charge in [-0.15, -0.1) is 0 Å². The molecular weight excluding hydrogens is 404 g/mol. The van der Waals surface area contributed by atoms with Crippen LogP contribution < -0.4 is 15.8 Å². The van der Waals surface area contributed by atoms with Gasteiger partial charge in [-0.3, -0.25) is 4.79 Å². The monoisotopic (exact) mass is 424 g/mol. The molecule has 3 N–H and O–H groups in total. The molecule has 0 bridgehead atoms. The lowest BCUT2D eigenvalue weighted by Gasteiger charge is -2.14. The number of carbonyl (C=O) groups excluding carboxylic acids is 2. The van der Waals surface area contributed by atoms with Gasteiger partial charge in [0, 0.05) is 5.69 Å². The van der Waals surface area contributed by atoms with Crippen LogP contribution in [0.25, 0.3) is 0 Å². The Bertz CT molecular complexity index is 1020. The van der Waals surface area contributed by atoms with Gasteiger partial charge in [-0.05, 0) is 55.0 Å². The van der Waals surface area contributed by atoms with Gasteiger partial charge in [0.15, 0.2) is 6.10 Å². The summed E-state index contributed by atoms with van der Waals surface area (Å²) >= 11 is 5.84. The van der Waals surface area contributed by atoms with E-state index in [1.165, 1.54) is 25.1 Å². The summed E-state index contributed by atoms with van der Waals surface area (Å²) in [5.74, 6) is -0.439. The van der Waals surface area contributed by atoms with E-state index in [-0.39, 0.29) is 11.3 Å². The minimum atomic E-state index is -0.997. The van der Waals surface area contributed by atoms with E-state index < -0.39 is 18.0 Å². The maximum atomic E-state index is 12.3. The normalized spacial score (nSPS) is 11.4. The number of nitrogens with two attached hydrogens (primary N) is 1. The van der Waals surface area contributed by atoms with Crippen molar-refractivity contribution in [2.75, 3.05) is 11.1 Å². The number of nitrogen functional groups attached to an aromatic ring is 1. The maximum absolute atomic E-state index is 12.3. The van der Waals surface area contributed by atoms with E-state index in [1.54, 1.807) is 24.3 Å². The molecule has 0 aliphatic rings. The molecule has 0 fully saturated rings. The molecule has 3 aromatic carbocycles. The molecule has 0 saturated carbocycles. The highest BCUT2D eigenvalue weighted by atomic mass is 35.5. The van der Waals surface area contributed by atoms with E-state index in [1.807, 2.05) is 30.3 Å². The molecule has 3 aromatic rings. The van der Waals surface area contributed by atoms with Crippen molar-refractivity contribution in [1.82, 2.24) is 0 Å². The van der Waals surface area contributed by atoms with Crippen LogP contribution in [-0.2, 0) is 16.1 Å². The van der Waals surface area contributed by atoms with Gasteiger partial charge in [0.25, 0.3) is 5.91 Å². The lowest BCUT2D eigenvalue weighted by Crippen LogP contribution is -2.30. The van der Waals surface area contributed by atoms with Crippen LogP contribution in [0.2, 0.25) is 5.02 Å². The Balaban J connectivity index is 1.51. The lowest BCUT2D eigenvalue weighted by atomic mass is 10.2. The summed E-state index contributed by atoms with van der Waals surface area (Å²) in [6.07, 6.45) is -0.997. The second kappa shape index (κ2) is 9.80. The average molecular weight is 425 g/mol. The molecule has 6 nitrogen and oxygen atoms in total. The third-order valence-corrected chi connectivity index (χ3v) is 4.60. The molecule has 1 amide bonds. The van der Waals surface area contributed by atoms with E-state index in [0.29, 0.717) is 23.1 Å². The van der Waals surface area contributed by atoms with Crippen molar-refractivity contribution in [1.29, 1.82) is 0 Å². The van der Waals surface area contributed by atoms with Gasteiger partial charge in [0.2, 0.25) is 0 Å². The zero-order chi connectivity index (χ0) is 21.5. The van der Waals surface area contributed by atoms with E-state index in [0.717, 1.165) is 5.56 Å². The third-order valence-electron chi connectivity index (χ3n) is 4.25. The SMILES string of the molecule is CC(OC(=O)c1ccc(Cl)c(N)c1)C(=O)Nc1ccc(OCc2ccccc2)cc1. The molecule has 1 unspecified atom stereocenters. The Morgan fingerprint density at radius 2 is 1.73 bits per heavy atom. The van der Waals surface area contributed by atoms with Crippen molar-refractivity contribution < 1.29 is 19.1 Å². The van der Waals surface area contributed by atoms with Crippen LogP contribution in [0.1, 0.15) is 22.8 Å². The largest absolute Gasteiger partial charge is 0.489 e. The van der Waals surface area contributed by atoms with Crippen LogP contribution in [0.4, 0.5) is 11.4 Å². The van der Waals surface area contributed by atoms with Crippen molar-refractivity contribution in [3.63, 3.8) is 0 Å². The predicted octanol–water partition coefficient (Wildman–Crippen LogP) is 4.69. The highest BCUT2D eigenvalue weighted by Gasteiger charge is 2.19. The minimum Gasteiger partial charge on any atom is -0.489 e. The first-order valence-electron chi connectivity index (χ1n) is 9.26. The number of rotatable bonds is 7. The number of anilines is 2. The zero-order valence-corrected chi connectivity index (χ0v) is 17.1. The number of halogens is 1. The number of benzene rings is 3. The Hall–Kier alpha value is -3.51. The van der Waals surface area contributed by atoms with E-state index in [2.05, 4.69) is 5.32 Å². The molecule has 0 heterocycles. The molecule has 0 spiro atoms. The van der Waals surface area contributed by atoms with Crippen LogP contribution >= 0.6 is 11.6 Å². The zero-order valence-electron chi connectivity index (χ0n) is 16.3. The van der Waals surface area contributed by atoms with Crippen molar-refractivity contribution >= 4 is 34.9 Å². The summed E-state index contributed by atoms with van der Waals surface area (Å²) in [6, 6.07) is 21.1. The standard InChI is InChI=1S/C23H21ClN2O4/c1-15(30-23(28)17-7-12-20(24)21(25)13-17)22(27)26-18-8-10-19(11-9-18)29-14-16-5-3-2-4-6-16/h2-13,15H,14,25H2,1H3,(H,26,27). The van der Waals surface area contributed by atoms with Crippen LogP contribution in [0.5, 0.6) is 5.75 Å². The van der Waals surface area contributed by atoms with Gasteiger partial charge >= 0.3 is 5.97 Å². The topological polar surface area (TPSA) is 90.7 Å². The van der Waals surface area contributed by atoms with Gasteiger partial charge < -0.3 is 20.5 Å². The molecule has 0 radical (unpaired) electrons. The second-order valence-corrected chi connectivity index (χ2v) is 6.98. The van der Waals surface area contributed by atoms with Crippen LogP contribution in [0, 0.1) is 0 Å². The summed E-state index contributed by atoms with van der Waals surface area (Å²) in [5, 5.41) is 3.04. The Morgan fingerprint density at radius 3 is 2.40 bits per heavy atom. The van der Waals surface area contributed by atoms with Gasteiger partial charge in [0.1, 0.15) is 12.4 Å². The van der Waals surface area contributed by atoms with Gasteiger partial charge in [-0.2, -0.15) is 0 Å². The van der Waals surface area contributed by atoms with Gasteiger partial charge in [-0.1, -0.05) is 41.9 Å². The summed E-state index contributed by atoms with van der Waals surface area (Å²) in [4.78, 5) is 24.5. The van der Waals surface area contributed by atoms with Crippen LogP contribution in [0.3, 0.4) is 0 Å². The molecule has 1 atom stereocenters. The fourth-order valence-electron chi connectivity index (χ4n) is 2.57. The molecule has 0 aliphatic heterocycles. The Morgan fingerprint density at radius 1 is 1.03 bits per heavy atom. The Kier molecular flexibility index (Phi) is 6.93. The number of ether oxygens (including phenoxy) is 2. The molecule has 7 heteroatoms. The molecule has 154 valence electrons. The number of esters is 1. The smallest absolute Gasteiger partial charge is 0.338 e. The van der Waals surface area contributed by atoms with Crippen LogP contribution in [0.15, 0.2) is 72.8 Å². The molecule has 3 rings (SSSR count). The van der Waals surface area contributed by atoms with E-state index >= 15 is 0 Å². The third kappa shape index (κ3) is 5.75. The summed E-state index contributed by atoms with van der Waals surface area (Å²) < 4.78 is 10.9. The fraction of sp³-hybridized carbons (Fsp3) is 0.130. The molecule has 30 heavy (non-hydrogen) atoms. The van der Waals surface area contributed by atoms with Gasteiger partial charge in [-0.25, -0.2) is 4.79 Å². The first-order chi connectivity index (χ1) is 14.4. The Labute approximate surface area is 179 Å².